The van der Waals surface area contributed by atoms with Crippen LogP contribution in [0.3, 0.4) is 0 Å². The number of nitrogens with one attached hydrogen (secondary N) is 1. The summed E-state index contributed by atoms with van der Waals surface area (Å²) >= 11 is 0. The average molecular weight is 331 g/mol. The van der Waals surface area contributed by atoms with Gasteiger partial charge in [-0.25, -0.2) is 0 Å². The SMILES string of the molecule is CC[C@@]1(C)Oc2ccc(NCc3ccc([S@@](C)=O)cc3)cc2O1. The van der Waals surface area contributed by atoms with E-state index in [2.05, 4.69) is 5.32 Å². The molecule has 1 heterocycles. The van der Waals surface area contributed by atoms with Crippen LogP contribution in [0.15, 0.2) is 47.4 Å². The van der Waals surface area contributed by atoms with Crippen molar-refractivity contribution in [1.82, 2.24) is 0 Å². The number of rotatable bonds is 5. The van der Waals surface area contributed by atoms with E-state index in [9.17, 15) is 4.21 Å². The maximum atomic E-state index is 11.4. The van der Waals surface area contributed by atoms with Crippen molar-refractivity contribution >= 4 is 16.5 Å². The Morgan fingerprint density at radius 3 is 2.43 bits per heavy atom. The zero-order chi connectivity index (χ0) is 16.4. The summed E-state index contributed by atoms with van der Waals surface area (Å²) in [5.41, 5.74) is 2.12. The lowest BCUT2D eigenvalue weighted by Gasteiger charge is -2.20. The van der Waals surface area contributed by atoms with Crippen LogP contribution in [0.4, 0.5) is 5.69 Å². The fraction of sp³-hybridized carbons (Fsp3) is 0.333. The second-order valence-corrected chi connectivity index (χ2v) is 7.18. The zero-order valence-corrected chi connectivity index (χ0v) is 14.4. The van der Waals surface area contributed by atoms with Gasteiger partial charge in [-0.15, -0.1) is 0 Å². The fourth-order valence-electron chi connectivity index (χ4n) is 2.42. The summed E-state index contributed by atoms with van der Waals surface area (Å²) in [4.78, 5) is 0.843. The lowest BCUT2D eigenvalue weighted by Crippen LogP contribution is -2.33. The maximum absolute atomic E-state index is 11.4. The van der Waals surface area contributed by atoms with Gasteiger partial charge in [0.2, 0.25) is 5.79 Å². The number of benzene rings is 2. The summed E-state index contributed by atoms with van der Waals surface area (Å²) in [6, 6.07) is 13.7. The molecule has 2 aromatic carbocycles. The van der Waals surface area contributed by atoms with E-state index >= 15 is 0 Å². The highest BCUT2D eigenvalue weighted by Gasteiger charge is 2.34. The quantitative estimate of drug-likeness (QED) is 0.902. The van der Waals surface area contributed by atoms with E-state index in [0.29, 0.717) is 6.54 Å². The molecule has 0 radical (unpaired) electrons. The van der Waals surface area contributed by atoms with E-state index in [1.54, 1.807) is 6.26 Å². The maximum Gasteiger partial charge on any atom is 0.248 e. The summed E-state index contributed by atoms with van der Waals surface area (Å²) in [5, 5.41) is 3.37. The third-order valence-corrected chi connectivity index (χ3v) is 4.93. The molecule has 1 aliphatic heterocycles. The van der Waals surface area contributed by atoms with Gasteiger partial charge in [0.25, 0.3) is 0 Å². The summed E-state index contributed by atoms with van der Waals surface area (Å²) in [5.74, 6) is 0.998. The molecule has 2 aromatic rings. The van der Waals surface area contributed by atoms with E-state index in [0.717, 1.165) is 34.1 Å². The van der Waals surface area contributed by atoms with Crippen molar-refractivity contribution in [3.8, 4) is 11.5 Å². The number of hydrogen-bond donors (Lipinski definition) is 1. The molecule has 1 N–H and O–H groups in total. The molecular formula is C18H21NO3S. The van der Waals surface area contributed by atoms with E-state index in [4.69, 9.17) is 9.47 Å². The van der Waals surface area contributed by atoms with Crippen LogP contribution in [0.1, 0.15) is 25.8 Å². The van der Waals surface area contributed by atoms with Gasteiger partial charge >= 0.3 is 0 Å². The Morgan fingerprint density at radius 2 is 1.78 bits per heavy atom. The molecule has 4 nitrogen and oxygen atoms in total. The molecule has 122 valence electrons. The van der Waals surface area contributed by atoms with Crippen LogP contribution >= 0.6 is 0 Å². The van der Waals surface area contributed by atoms with Crippen LogP contribution in [0.25, 0.3) is 0 Å². The minimum atomic E-state index is -0.937. The molecular weight excluding hydrogens is 310 g/mol. The second kappa shape index (κ2) is 6.24. The van der Waals surface area contributed by atoms with Gasteiger partial charge in [0, 0.05) is 53.6 Å². The smallest absolute Gasteiger partial charge is 0.248 e. The van der Waals surface area contributed by atoms with Gasteiger partial charge in [-0.3, -0.25) is 4.21 Å². The normalized spacial score (nSPS) is 20.3. The summed E-state index contributed by atoms with van der Waals surface area (Å²) < 4.78 is 23.1. The van der Waals surface area contributed by atoms with Crippen molar-refractivity contribution in [3.63, 3.8) is 0 Å². The molecule has 23 heavy (non-hydrogen) atoms. The van der Waals surface area contributed by atoms with Crippen LogP contribution < -0.4 is 14.8 Å². The Labute approximate surface area is 139 Å². The zero-order valence-electron chi connectivity index (χ0n) is 13.6. The molecule has 5 heteroatoms. The minimum absolute atomic E-state index is 0.563. The van der Waals surface area contributed by atoms with E-state index < -0.39 is 16.6 Å². The highest BCUT2D eigenvalue weighted by molar-refractivity contribution is 7.84. The molecule has 0 spiro atoms. The Bertz CT molecular complexity index is 730. The molecule has 0 saturated carbocycles. The van der Waals surface area contributed by atoms with Crippen molar-refractivity contribution in [3.05, 3.63) is 48.0 Å². The largest absolute Gasteiger partial charge is 0.449 e. The van der Waals surface area contributed by atoms with Gasteiger partial charge in [-0.1, -0.05) is 19.1 Å². The number of hydrogen-bond acceptors (Lipinski definition) is 4. The Morgan fingerprint density at radius 1 is 1.09 bits per heavy atom. The monoisotopic (exact) mass is 331 g/mol. The van der Waals surface area contributed by atoms with Crippen LogP contribution in [-0.4, -0.2) is 16.3 Å². The second-order valence-electron chi connectivity index (χ2n) is 5.80. The molecule has 2 atom stereocenters. The van der Waals surface area contributed by atoms with Crippen LogP contribution in [0.5, 0.6) is 11.5 Å². The molecule has 3 rings (SSSR count). The summed E-state index contributed by atoms with van der Waals surface area (Å²) in [6.45, 7) is 4.68. The average Bonchev–Trinajstić information content (AvgIpc) is 2.89. The standard InChI is InChI=1S/C18H21NO3S/c1-4-18(2)21-16-10-7-14(11-17(16)22-18)19-12-13-5-8-15(9-6-13)23(3)20/h5-11,19H,4,12H2,1-3H3/t18-,23+/m0/s1. The third-order valence-electron chi connectivity index (χ3n) is 3.99. The predicted octanol–water partition coefficient (Wildman–Crippen LogP) is 3.93. The lowest BCUT2D eigenvalue weighted by molar-refractivity contribution is -0.0640. The van der Waals surface area contributed by atoms with Crippen molar-refractivity contribution in [2.24, 2.45) is 0 Å². The van der Waals surface area contributed by atoms with E-state index in [-0.39, 0.29) is 0 Å². The topological polar surface area (TPSA) is 47.6 Å². The Hall–Kier alpha value is -2.01. The van der Waals surface area contributed by atoms with E-state index in [1.807, 2.05) is 56.3 Å². The first kappa shape index (κ1) is 15.9. The fourth-order valence-corrected chi connectivity index (χ4v) is 2.93. The predicted molar refractivity (Wildman–Crippen MR) is 92.5 cm³/mol. The molecule has 0 fully saturated rings. The lowest BCUT2D eigenvalue weighted by atomic mass is 10.2. The minimum Gasteiger partial charge on any atom is -0.449 e. The molecule has 0 saturated heterocycles. The first-order chi connectivity index (χ1) is 11.0. The molecule has 0 bridgehead atoms. The van der Waals surface area contributed by atoms with Gasteiger partial charge in [0.15, 0.2) is 11.5 Å². The Kier molecular flexibility index (Phi) is 4.31. The van der Waals surface area contributed by atoms with E-state index in [1.165, 1.54) is 0 Å². The summed E-state index contributed by atoms with van der Waals surface area (Å²) in [7, 11) is -0.937. The molecule has 0 aliphatic carbocycles. The van der Waals surface area contributed by atoms with Crippen molar-refractivity contribution in [1.29, 1.82) is 0 Å². The van der Waals surface area contributed by atoms with Crippen LogP contribution in [0.2, 0.25) is 0 Å². The van der Waals surface area contributed by atoms with Gasteiger partial charge in [-0.05, 0) is 29.8 Å². The van der Waals surface area contributed by atoms with Gasteiger partial charge in [0.1, 0.15) is 0 Å². The first-order valence-electron chi connectivity index (χ1n) is 7.67. The molecule has 1 aliphatic rings. The Balaban J connectivity index is 1.66. The van der Waals surface area contributed by atoms with Crippen molar-refractivity contribution in [2.75, 3.05) is 11.6 Å². The number of fused-ring (bicyclic) bond motifs is 1. The molecule has 0 amide bonds. The third kappa shape index (κ3) is 3.50. The number of anilines is 1. The van der Waals surface area contributed by atoms with Crippen molar-refractivity contribution in [2.45, 2.75) is 37.5 Å². The molecule has 0 aromatic heterocycles. The van der Waals surface area contributed by atoms with Gasteiger partial charge in [-0.2, -0.15) is 0 Å². The number of ether oxygens (including phenoxy) is 2. The first-order valence-corrected chi connectivity index (χ1v) is 9.23. The van der Waals surface area contributed by atoms with Crippen LogP contribution in [0, 0.1) is 0 Å². The molecule has 0 unspecified atom stereocenters. The highest BCUT2D eigenvalue weighted by Crippen LogP contribution is 2.42. The van der Waals surface area contributed by atoms with Crippen molar-refractivity contribution < 1.29 is 13.7 Å². The van der Waals surface area contributed by atoms with Gasteiger partial charge < -0.3 is 14.8 Å². The highest BCUT2D eigenvalue weighted by atomic mass is 32.2. The van der Waals surface area contributed by atoms with Crippen LogP contribution in [-0.2, 0) is 17.3 Å². The van der Waals surface area contributed by atoms with Gasteiger partial charge in [0.05, 0.1) is 0 Å². The summed E-state index contributed by atoms with van der Waals surface area (Å²) in [6.07, 6.45) is 2.47.